The Morgan fingerprint density at radius 1 is 1.26 bits per heavy atom. The summed E-state index contributed by atoms with van der Waals surface area (Å²) in [5.41, 5.74) is 1.65. The van der Waals surface area contributed by atoms with Crippen molar-refractivity contribution in [2.24, 2.45) is 11.8 Å². The van der Waals surface area contributed by atoms with Gasteiger partial charge < -0.3 is 15.4 Å². The molecule has 0 saturated carbocycles. The summed E-state index contributed by atoms with van der Waals surface area (Å²) in [7, 11) is 0. The van der Waals surface area contributed by atoms with Gasteiger partial charge in [-0.25, -0.2) is 9.97 Å². The molecule has 7 nitrogen and oxygen atoms in total. The normalized spacial score (nSPS) is 19.9. The van der Waals surface area contributed by atoms with Gasteiger partial charge in [-0.2, -0.15) is 4.39 Å². The Bertz CT molecular complexity index is 917. The van der Waals surface area contributed by atoms with E-state index in [2.05, 4.69) is 25.6 Å². The molecular weight excluding hydrogens is 421 g/mol. The van der Waals surface area contributed by atoms with Gasteiger partial charge in [0.1, 0.15) is 5.78 Å². The number of nitrogens with one attached hydrogen (secondary N) is 2. The largest absolute Gasteiger partial charge is 0.381 e. The molecule has 31 heavy (non-hydrogen) atoms. The second-order valence-electron chi connectivity index (χ2n) is 8.17. The smallest absolute Gasteiger partial charge is 0.255 e. The fourth-order valence-corrected chi connectivity index (χ4v) is 4.23. The van der Waals surface area contributed by atoms with Gasteiger partial charge in [-0.15, -0.1) is 0 Å². The van der Waals surface area contributed by atoms with E-state index in [-0.39, 0.29) is 23.9 Å². The fourth-order valence-electron chi connectivity index (χ4n) is 4.03. The third-order valence-corrected chi connectivity index (χ3v) is 6.22. The molecule has 2 aliphatic heterocycles. The monoisotopic (exact) mass is 447 g/mol. The summed E-state index contributed by atoms with van der Waals surface area (Å²) in [6, 6.07) is 1.75. The first-order valence-electron chi connectivity index (χ1n) is 10.8. The zero-order valence-corrected chi connectivity index (χ0v) is 18.1. The SMILES string of the molecule is O=C(Cc1cc(-c2cnc(F)c(NCC3CCOCC3)n2)c(Cl)cn1)[C@@H]1CCCNC1. The fraction of sp³-hybridized carbons (Fsp3) is 0.545. The summed E-state index contributed by atoms with van der Waals surface area (Å²) >= 11 is 6.35. The highest BCUT2D eigenvalue weighted by molar-refractivity contribution is 6.33. The highest BCUT2D eigenvalue weighted by atomic mass is 35.5. The maximum absolute atomic E-state index is 14.2. The molecule has 1 atom stereocenters. The van der Waals surface area contributed by atoms with E-state index in [1.807, 2.05) is 0 Å². The number of hydrogen-bond acceptors (Lipinski definition) is 7. The molecule has 9 heteroatoms. The van der Waals surface area contributed by atoms with Crippen LogP contribution >= 0.6 is 11.6 Å². The molecule has 4 rings (SSSR count). The number of pyridine rings is 1. The maximum atomic E-state index is 14.2. The minimum absolute atomic E-state index is 0.0151. The van der Waals surface area contributed by atoms with Crippen LogP contribution in [0.15, 0.2) is 18.5 Å². The van der Waals surface area contributed by atoms with E-state index in [1.54, 1.807) is 6.07 Å². The topological polar surface area (TPSA) is 89.0 Å². The molecule has 2 N–H and O–H groups in total. The van der Waals surface area contributed by atoms with Crippen LogP contribution in [0.5, 0.6) is 0 Å². The Balaban J connectivity index is 1.48. The second kappa shape index (κ2) is 10.4. The summed E-state index contributed by atoms with van der Waals surface area (Å²) in [6.45, 7) is 3.74. The molecule has 0 unspecified atom stereocenters. The first-order chi connectivity index (χ1) is 15.1. The first kappa shape index (κ1) is 22.0. The number of Topliss-reactive ketones (excluding diaryl/α,β-unsaturated/α-hetero) is 1. The van der Waals surface area contributed by atoms with Crippen LogP contribution in [0.2, 0.25) is 5.02 Å². The number of carbonyl (C=O) groups is 1. The van der Waals surface area contributed by atoms with Gasteiger partial charge in [0.25, 0.3) is 5.95 Å². The second-order valence-corrected chi connectivity index (χ2v) is 8.58. The average Bonchev–Trinajstić information content (AvgIpc) is 2.81. The molecule has 2 aromatic heterocycles. The van der Waals surface area contributed by atoms with Gasteiger partial charge in [-0.1, -0.05) is 11.6 Å². The number of piperidine rings is 1. The summed E-state index contributed by atoms with van der Waals surface area (Å²) in [6.07, 6.45) is 6.88. The molecule has 2 aromatic rings. The van der Waals surface area contributed by atoms with E-state index in [0.29, 0.717) is 41.0 Å². The minimum atomic E-state index is -0.652. The lowest BCUT2D eigenvalue weighted by molar-refractivity contribution is -0.122. The van der Waals surface area contributed by atoms with Gasteiger partial charge in [0.05, 0.1) is 16.9 Å². The number of ketones is 1. The predicted octanol–water partition coefficient (Wildman–Crippen LogP) is 3.28. The van der Waals surface area contributed by atoms with Gasteiger partial charge in [0.15, 0.2) is 5.82 Å². The molecule has 0 amide bonds. The Labute approximate surface area is 186 Å². The van der Waals surface area contributed by atoms with Crippen LogP contribution in [0, 0.1) is 17.8 Å². The summed E-state index contributed by atoms with van der Waals surface area (Å²) in [5, 5.41) is 6.72. The number of anilines is 1. The van der Waals surface area contributed by atoms with Gasteiger partial charge in [0, 0.05) is 56.1 Å². The number of carbonyl (C=O) groups excluding carboxylic acids is 1. The highest BCUT2D eigenvalue weighted by Gasteiger charge is 2.22. The molecule has 0 radical (unpaired) electrons. The van der Waals surface area contributed by atoms with Crippen LogP contribution in [0.4, 0.5) is 10.2 Å². The van der Waals surface area contributed by atoms with Crippen molar-refractivity contribution in [2.45, 2.75) is 32.1 Å². The number of hydrogen-bond donors (Lipinski definition) is 2. The molecular formula is C22H27ClFN5O2. The van der Waals surface area contributed by atoms with Crippen molar-refractivity contribution in [3.63, 3.8) is 0 Å². The number of rotatable bonds is 7. The Hall–Kier alpha value is -2.16. The van der Waals surface area contributed by atoms with E-state index in [4.69, 9.17) is 16.3 Å². The van der Waals surface area contributed by atoms with Crippen LogP contribution in [0.1, 0.15) is 31.4 Å². The van der Waals surface area contributed by atoms with Gasteiger partial charge in [-0.05, 0) is 44.2 Å². The first-order valence-corrected chi connectivity index (χ1v) is 11.2. The zero-order valence-electron chi connectivity index (χ0n) is 17.4. The Morgan fingerprint density at radius 3 is 2.87 bits per heavy atom. The van der Waals surface area contributed by atoms with Gasteiger partial charge in [-0.3, -0.25) is 9.78 Å². The summed E-state index contributed by atoms with van der Waals surface area (Å²) < 4.78 is 19.6. The predicted molar refractivity (Wildman–Crippen MR) is 117 cm³/mol. The zero-order chi connectivity index (χ0) is 21.6. The van der Waals surface area contributed by atoms with Crippen molar-refractivity contribution in [2.75, 3.05) is 38.2 Å². The lowest BCUT2D eigenvalue weighted by Crippen LogP contribution is -2.35. The summed E-state index contributed by atoms with van der Waals surface area (Å²) in [5.74, 6) is 0.0391. The lowest BCUT2D eigenvalue weighted by atomic mass is 9.92. The van der Waals surface area contributed by atoms with E-state index < -0.39 is 5.95 Å². The number of halogens is 2. The van der Waals surface area contributed by atoms with Crippen molar-refractivity contribution >= 4 is 23.2 Å². The molecule has 0 aliphatic carbocycles. The molecule has 2 aliphatic rings. The third kappa shape index (κ3) is 5.75. The standard InChI is InChI=1S/C22H27ClFN5O2/c23-18-12-26-16(9-20(30)15-2-1-5-25-11-15)8-17(18)19-13-27-21(24)22(29-19)28-10-14-3-6-31-7-4-14/h8,12-15,25H,1-7,9-11H2,(H,28,29)/t15-/m1/s1. The third-order valence-electron chi connectivity index (χ3n) is 5.92. The van der Waals surface area contributed by atoms with Crippen molar-refractivity contribution in [3.05, 3.63) is 35.1 Å². The Kier molecular flexibility index (Phi) is 7.42. The number of nitrogens with zero attached hydrogens (tertiary/aromatic N) is 3. The van der Waals surface area contributed by atoms with E-state index in [1.165, 1.54) is 12.4 Å². The maximum Gasteiger partial charge on any atom is 0.255 e. The molecule has 0 aromatic carbocycles. The van der Waals surface area contributed by atoms with Crippen molar-refractivity contribution < 1.29 is 13.9 Å². The highest BCUT2D eigenvalue weighted by Crippen LogP contribution is 2.28. The van der Waals surface area contributed by atoms with Crippen molar-refractivity contribution in [1.82, 2.24) is 20.3 Å². The molecule has 166 valence electrons. The molecule has 2 saturated heterocycles. The molecule has 0 bridgehead atoms. The Morgan fingerprint density at radius 2 is 2.10 bits per heavy atom. The van der Waals surface area contributed by atoms with Crippen LogP contribution in [0.25, 0.3) is 11.3 Å². The average molecular weight is 448 g/mol. The number of ether oxygens (including phenoxy) is 1. The van der Waals surface area contributed by atoms with Crippen molar-refractivity contribution in [1.29, 1.82) is 0 Å². The van der Waals surface area contributed by atoms with Crippen LogP contribution < -0.4 is 10.6 Å². The molecule has 2 fully saturated rings. The molecule has 0 spiro atoms. The number of aromatic nitrogens is 3. The van der Waals surface area contributed by atoms with Crippen LogP contribution in [0.3, 0.4) is 0 Å². The molecule has 4 heterocycles. The van der Waals surface area contributed by atoms with Crippen LogP contribution in [-0.2, 0) is 16.0 Å². The van der Waals surface area contributed by atoms with Crippen molar-refractivity contribution in [3.8, 4) is 11.3 Å². The van der Waals surface area contributed by atoms with Gasteiger partial charge >= 0.3 is 0 Å². The van der Waals surface area contributed by atoms with E-state index in [0.717, 1.165) is 45.4 Å². The van der Waals surface area contributed by atoms with E-state index >= 15 is 0 Å². The van der Waals surface area contributed by atoms with Gasteiger partial charge in [0.2, 0.25) is 0 Å². The summed E-state index contributed by atoms with van der Waals surface area (Å²) in [4.78, 5) is 25.2. The van der Waals surface area contributed by atoms with Crippen LogP contribution in [-0.4, -0.2) is 53.6 Å². The van der Waals surface area contributed by atoms with E-state index in [9.17, 15) is 9.18 Å². The quantitative estimate of drug-likeness (QED) is 0.673. The minimum Gasteiger partial charge on any atom is -0.381 e. The lowest BCUT2D eigenvalue weighted by Gasteiger charge is -2.22.